The average molecular weight is 733 g/mol. The second-order valence-electron chi connectivity index (χ2n) is 9.47. The Morgan fingerprint density at radius 1 is 1.00 bits per heavy atom. The molecule has 1 aliphatic heterocycles. The van der Waals surface area contributed by atoms with Gasteiger partial charge in [-0.1, -0.05) is 47.5 Å². The maximum Gasteiger partial charge on any atom is 0.271 e. The Balaban J connectivity index is 1.50. The third-order valence-corrected chi connectivity index (χ3v) is 9.01. The van der Waals surface area contributed by atoms with Crippen molar-refractivity contribution in [3.63, 3.8) is 0 Å². The molecule has 42 heavy (non-hydrogen) atoms. The Kier molecular flexibility index (Phi) is 9.47. The Labute approximate surface area is 271 Å². The molecule has 1 aliphatic rings. The van der Waals surface area contributed by atoms with E-state index in [9.17, 15) is 9.18 Å². The van der Waals surface area contributed by atoms with Crippen molar-refractivity contribution in [1.82, 2.24) is 0 Å². The van der Waals surface area contributed by atoms with Crippen molar-refractivity contribution in [3.8, 4) is 11.5 Å². The van der Waals surface area contributed by atoms with Crippen LogP contribution in [-0.2, 0) is 11.4 Å². The number of hydrogen-bond donors (Lipinski definition) is 0. The third-order valence-electron chi connectivity index (χ3n) is 6.42. The number of carbonyl (C=O) groups excluding carboxylic acids is 1. The lowest BCUT2D eigenvalue weighted by Crippen LogP contribution is -2.28. The zero-order chi connectivity index (χ0) is 30.0. The zero-order valence-corrected chi connectivity index (χ0v) is 27.2. The minimum atomic E-state index is -0.325. The first-order valence-electron chi connectivity index (χ1n) is 12.7. The molecule has 10 heteroatoms. The van der Waals surface area contributed by atoms with Crippen molar-refractivity contribution in [2.45, 2.75) is 20.5 Å². The van der Waals surface area contributed by atoms with Crippen molar-refractivity contribution < 1.29 is 18.7 Å². The molecule has 4 aromatic carbocycles. The molecule has 1 fully saturated rings. The zero-order valence-electron chi connectivity index (χ0n) is 22.8. The van der Waals surface area contributed by atoms with Crippen molar-refractivity contribution in [2.24, 2.45) is 4.99 Å². The number of nitrogens with zero attached hydrogens (tertiary/aromatic N) is 2. The fourth-order valence-corrected chi connectivity index (χ4v) is 6.29. The first-order valence-corrected chi connectivity index (χ1v) is 15.4. The van der Waals surface area contributed by atoms with Crippen LogP contribution >= 0.6 is 57.6 Å². The van der Waals surface area contributed by atoms with E-state index < -0.39 is 0 Å². The van der Waals surface area contributed by atoms with Crippen LogP contribution in [0, 0.1) is 23.2 Å². The summed E-state index contributed by atoms with van der Waals surface area (Å²) in [7, 11) is 1.55. The van der Waals surface area contributed by atoms with Crippen molar-refractivity contribution in [2.75, 3.05) is 12.0 Å². The lowest BCUT2D eigenvalue weighted by atomic mass is 10.1. The number of amides is 1. The highest BCUT2D eigenvalue weighted by atomic mass is 127. The molecule has 0 aromatic heterocycles. The fraction of sp³-hybridized carbons (Fsp3) is 0.125. The van der Waals surface area contributed by atoms with E-state index >= 15 is 0 Å². The minimum absolute atomic E-state index is 0.176. The highest BCUT2D eigenvalue weighted by Gasteiger charge is 2.35. The molecule has 4 aromatic rings. The van der Waals surface area contributed by atoms with Gasteiger partial charge < -0.3 is 9.47 Å². The monoisotopic (exact) mass is 732 g/mol. The lowest BCUT2D eigenvalue weighted by Gasteiger charge is -2.17. The van der Waals surface area contributed by atoms with E-state index in [0.717, 1.165) is 20.3 Å². The van der Waals surface area contributed by atoms with Gasteiger partial charge in [0.2, 0.25) is 0 Å². The van der Waals surface area contributed by atoms with E-state index in [0.29, 0.717) is 48.6 Å². The molecule has 1 amide bonds. The second-order valence-corrected chi connectivity index (χ2v) is 12.5. The summed E-state index contributed by atoms with van der Waals surface area (Å²) in [5.74, 6) is 0.460. The van der Waals surface area contributed by atoms with Gasteiger partial charge in [0.05, 0.1) is 27.0 Å². The number of thioether (sulfide) groups is 1. The lowest BCUT2D eigenvalue weighted by molar-refractivity contribution is -0.113. The molecule has 0 N–H and O–H groups in total. The Hall–Kier alpha value is -3.05. The number of ether oxygens (including phenoxy) is 2. The van der Waals surface area contributed by atoms with Gasteiger partial charge in [-0.3, -0.25) is 9.69 Å². The van der Waals surface area contributed by atoms with Gasteiger partial charge in [0.1, 0.15) is 12.4 Å². The first-order chi connectivity index (χ1) is 20.1. The molecule has 0 bridgehead atoms. The SMILES string of the molecule is COc1cc(/C=C2/SC(=Nc3ccc(C)c(Cl)c3)N(c3ccc(C)c(Cl)c3)C2=O)cc(I)c1OCc1cccc(F)c1. The minimum Gasteiger partial charge on any atom is -0.493 e. The number of carbonyl (C=O) groups is 1. The molecule has 0 aliphatic carbocycles. The van der Waals surface area contributed by atoms with Crippen LogP contribution in [0.15, 0.2) is 82.7 Å². The Morgan fingerprint density at radius 3 is 2.43 bits per heavy atom. The molecule has 5 rings (SSSR count). The number of amidine groups is 1. The molecule has 1 heterocycles. The van der Waals surface area contributed by atoms with Crippen molar-refractivity contribution in [3.05, 3.63) is 119 Å². The van der Waals surface area contributed by atoms with Crippen LogP contribution in [-0.4, -0.2) is 18.2 Å². The van der Waals surface area contributed by atoms with Crippen molar-refractivity contribution in [1.29, 1.82) is 0 Å². The summed E-state index contributed by atoms with van der Waals surface area (Å²) in [6.07, 6.45) is 1.79. The largest absolute Gasteiger partial charge is 0.493 e. The quantitative estimate of drug-likeness (QED) is 0.140. The molecule has 0 atom stereocenters. The van der Waals surface area contributed by atoms with Gasteiger partial charge in [-0.2, -0.15) is 0 Å². The van der Waals surface area contributed by atoms with Crippen LogP contribution in [0.1, 0.15) is 22.3 Å². The molecule has 0 saturated carbocycles. The predicted octanol–water partition coefficient (Wildman–Crippen LogP) is 9.75. The Morgan fingerprint density at radius 2 is 1.74 bits per heavy atom. The van der Waals surface area contributed by atoms with Crippen LogP contribution in [0.2, 0.25) is 10.0 Å². The van der Waals surface area contributed by atoms with E-state index in [1.165, 1.54) is 23.9 Å². The maximum absolute atomic E-state index is 13.8. The third kappa shape index (κ3) is 6.78. The van der Waals surface area contributed by atoms with Gasteiger partial charge in [-0.05, 0) is 125 Å². The molecule has 214 valence electrons. The summed E-state index contributed by atoms with van der Waals surface area (Å²) in [6, 6.07) is 20.9. The number of rotatable bonds is 7. The summed E-state index contributed by atoms with van der Waals surface area (Å²) in [4.78, 5) is 20.6. The van der Waals surface area contributed by atoms with E-state index in [4.69, 9.17) is 37.7 Å². The smallest absolute Gasteiger partial charge is 0.271 e. The average Bonchev–Trinajstić information content (AvgIpc) is 3.25. The number of aryl methyl sites for hydroxylation is 2. The number of hydrogen-bond acceptors (Lipinski definition) is 5. The van der Waals surface area contributed by atoms with Gasteiger partial charge >= 0.3 is 0 Å². The van der Waals surface area contributed by atoms with Crippen LogP contribution in [0.3, 0.4) is 0 Å². The second kappa shape index (κ2) is 13.1. The van der Waals surface area contributed by atoms with E-state index in [1.54, 1.807) is 48.4 Å². The number of halogens is 4. The van der Waals surface area contributed by atoms with Gasteiger partial charge in [0.15, 0.2) is 16.7 Å². The standard InChI is InChI=1S/C32H24Cl2FIN2O3S/c1-18-7-9-23(15-25(18)33)37-32-38(24-10-8-19(2)26(34)16-24)31(39)29(42-32)14-21-12-27(36)30(28(13-21)40-3)41-17-20-5-4-6-22(35)11-20/h4-16H,17H2,1-3H3/b29-14+,37-32?. The normalized spacial score (nSPS) is 15.1. The van der Waals surface area contributed by atoms with Crippen LogP contribution in [0.4, 0.5) is 15.8 Å². The van der Waals surface area contributed by atoms with E-state index in [1.807, 2.05) is 44.2 Å². The molecule has 5 nitrogen and oxygen atoms in total. The number of benzene rings is 4. The van der Waals surface area contributed by atoms with Gasteiger partial charge in [-0.25, -0.2) is 9.38 Å². The summed E-state index contributed by atoms with van der Waals surface area (Å²) in [5, 5.41) is 1.62. The highest BCUT2D eigenvalue weighted by molar-refractivity contribution is 14.1. The molecule has 0 unspecified atom stereocenters. The van der Waals surface area contributed by atoms with Gasteiger partial charge in [-0.15, -0.1) is 0 Å². The van der Waals surface area contributed by atoms with Gasteiger partial charge in [0.25, 0.3) is 5.91 Å². The molecular weight excluding hydrogens is 709 g/mol. The predicted molar refractivity (Wildman–Crippen MR) is 179 cm³/mol. The maximum atomic E-state index is 13.8. The fourth-order valence-electron chi connectivity index (χ4n) is 4.16. The molecule has 0 radical (unpaired) electrons. The van der Waals surface area contributed by atoms with Crippen LogP contribution in [0.25, 0.3) is 6.08 Å². The number of methoxy groups -OCH3 is 1. The summed E-state index contributed by atoms with van der Waals surface area (Å²) >= 11 is 16.2. The van der Waals surface area contributed by atoms with E-state index in [2.05, 4.69) is 22.6 Å². The summed E-state index contributed by atoms with van der Waals surface area (Å²) in [6.45, 7) is 4.00. The number of anilines is 1. The first kappa shape index (κ1) is 30.4. The molecule has 0 spiro atoms. The highest BCUT2D eigenvalue weighted by Crippen LogP contribution is 2.41. The van der Waals surface area contributed by atoms with Crippen molar-refractivity contribution >= 4 is 86.1 Å². The topological polar surface area (TPSA) is 51.1 Å². The van der Waals surface area contributed by atoms with Crippen LogP contribution in [0.5, 0.6) is 11.5 Å². The Bertz CT molecular complexity index is 1760. The van der Waals surface area contributed by atoms with Gasteiger partial charge in [0, 0.05) is 10.0 Å². The molecular formula is C32H24Cl2FIN2O3S. The van der Waals surface area contributed by atoms with Crippen LogP contribution < -0.4 is 14.4 Å². The van der Waals surface area contributed by atoms with E-state index in [-0.39, 0.29) is 18.3 Å². The summed E-state index contributed by atoms with van der Waals surface area (Å²) < 4.78 is 26.0. The number of aliphatic imine (C=N–C) groups is 1. The summed E-state index contributed by atoms with van der Waals surface area (Å²) in [5.41, 5.74) is 4.51. The molecule has 1 saturated heterocycles.